The molecule has 144 valence electrons. The zero-order chi connectivity index (χ0) is 18.9. The van der Waals surface area contributed by atoms with Crippen molar-refractivity contribution in [3.63, 3.8) is 0 Å². The molecule has 0 bridgehead atoms. The summed E-state index contributed by atoms with van der Waals surface area (Å²) < 4.78 is 43.0. The molecule has 2 fully saturated rings. The van der Waals surface area contributed by atoms with Crippen LogP contribution >= 0.6 is 23.2 Å². The average Bonchev–Trinajstić information content (AvgIpc) is 3.29. The molecule has 7 heteroatoms. The Balaban J connectivity index is 2.04. The van der Waals surface area contributed by atoms with Gasteiger partial charge in [0.1, 0.15) is 5.82 Å². The number of hydrogen-bond acceptors (Lipinski definition) is 1. The fourth-order valence-electron chi connectivity index (χ4n) is 4.42. The third-order valence-electron chi connectivity index (χ3n) is 5.92. The van der Waals surface area contributed by atoms with Crippen molar-refractivity contribution in [3.05, 3.63) is 33.6 Å². The number of nitrogens with one attached hydrogen (secondary N) is 1. The lowest BCUT2D eigenvalue weighted by atomic mass is 9.75. The molecule has 2 aliphatic rings. The van der Waals surface area contributed by atoms with Gasteiger partial charge in [0.15, 0.2) is 0 Å². The van der Waals surface area contributed by atoms with E-state index < -0.39 is 23.7 Å². The molecule has 1 unspecified atom stereocenters. The van der Waals surface area contributed by atoms with Crippen LogP contribution in [0.15, 0.2) is 12.1 Å². The lowest BCUT2D eigenvalue weighted by Gasteiger charge is -2.38. The minimum atomic E-state index is -2.70. The highest BCUT2D eigenvalue weighted by atomic mass is 35.5. The zero-order valence-corrected chi connectivity index (χ0v) is 15.9. The summed E-state index contributed by atoms with van der Waals surface area (Å²) in [5, 5.41) is 2.73. The van der Waals surface area contributed by atoms with E-state index >= 15 is 0 Å². The second-order valence-electron chi connectivity index (χ2n) is 7.42. The Morgan fingerprint density at radius 3 is 2.31 bits per heavy atom. The average molecular weight is 408 g/mol. The first-order valence-corrected chi connectivity index (χ1v) is 9.84. The van der Waals surface area contributed by atoms with Gasteiger partial charge in [0.25, 0.3) is 0 Å². The molecule has 2 saturated carbocycles. The van der Waals surface area contributed by atoms with E-state index in [1.807, 2.05) is 0 Å². The number of alkyl halides is 2. The van der Waals surface area contributed by atoms with Crippen molar-refractivity contribution in [3.8, 4) is 0 Å². The maximum atomic E-state index is 14.7. The van der Waals surface area contributed by atoms with Gasteiger partial charge in [-0.3, -0.25) is 4.79 Å². The Bertz CT molecular complexity index is 671. The van der Waals surface area contributed by atoms with Crippen molar-refractivity contribution >= 4 is 29.1 Å². The first-order valence-electron chi connectivity index (χ1n) is 9.09. The van der Waals surface area contributed by atoms with Crippen molar-refractivity contribution in [2.45, 2.75) is 63.8 Å². The Labute approximate surface area is 161 Å². The number of amides is 1. The molecule has 0 heterocycles. The monoisotopic (exact) mass is 407 g/mol. The van der Waals surface area contributed by atoms with E-state index in [0.717, 1.165) is 31.7 Å². The molecule has 1 aromatic carbocycles. The lowest BCUT2D eigenvalue weighted by Crippen LogP contribution is -2.46. The molecule has 1 N–H and O–H groups in total. The topological polar surface area (TPSA) is 29.1 Å². The second kappa shape index (κ2) is 7.97. The Morgan fingerprint density at radius 2 is 1.73 bits per heavy atom. The Hall–Kier alpha value is -0.940. The van der Waals surface area contributed by atoms with Crippen LogP contribution in [0.5, 0.6) is 0 Å². The smallest absolute Gasteiger partial charge is 0.246 e. The molecule has 2 nitrogen and oxygen atoms in total. The summed E-state index contributed by atoms with van der Waals surface area (Å²) in [7, 11) is 0. The number of benzene rings is 1. The van der Waals surface area contributed by atoms with Gasteiger partial charge in [-0.2, -0.15) is 0 Å². The van der Waals surface area contributed by atoms with Gasteiger partial charge < -0.3 is 5.32 Å². The van der Waals surface area contributed by atoms with Crippen LogP contribution in [-0.4, -0.2) is 12.3 Å². The third kappa shape index (κ3) is 3.57. The van der Waals surface area contributed by atoms with Gasteiger partial charge in [-0.1, -0.05) is 48.9 Å². The molecule has 0 aromatic heterocycles. The molecule has 1 amide bonds. The van der Waals surface area contributed by atoms with Crippen molar-refractivity contribution in [2.75, 3.05) is 0 Å². The molecule has 0 radical (unpaired) electrons. The van der Waals surface area contributed by atoms with Crippen LogP contribution in [0.1, 0.15) is 63.0 Å². The summed E-state index contributed by atoms with van der Waals surface area (Å²) in [6, 6.07) is 1.22. The molecular formula is C19H22Cl2F3NO. The molecule has 1 atom stereocenters. The van der Waals surface area contributed by atoms with Gasteiger partial charge in [0, 0.05) is 11.5 Å². The molecule has 1 aromatic rings. The third-order valence-corrected chi connectivity index (χ3v) is 6.74. The summed E-state index contributed by atoms with van der Waals surface area (Å²) in [6.07, 6.45) is 2.28. The highest BCUT2D eigenvalue weighted by Crippen LogP contribution is 2.54. The summed E-state index contributed by atoms with van der Waals surface area (Å²) >= 11 is 12.2. The second-order valence-corrected chi connectivity index (χ2v) is 8.21. The minimum absolute atomic E-state index is 0.0885. The fourth-order valence-corrected chi connectivity index (χ4v) is 4.85. The quantitative estimate of drug-likeness (QED) is 0.569. The van der Waals surface area contributed by atoms with E-state index in [4.69, 9.17) is 23.2 Å². The van der Waals surface area contributed by atoms with E-state index in [0.29, 0.717) is 12.8 Å². The van der Waals surface area contributed by atoms with Crippen molar-refractivity contribution in [1.29, 1.82) is 0 Å². The first kappa shape index (κ1) is 19.8. The number of hydrogen-bond donors (Lipinski definition) is 1. The number of carbonyl (C=O) groups excluding carboxylic acids is 1. The van der Waals surface area contributed by atoms with E-state index in [1.165, 1.54) is 6.07 Å². The lowest BCUT2D eigenvalue weighted by molar-refractivity contribution is -0.128. The zero-order valence-electron chi connectivity index (χ0n) is 14.3. The largest absolute Gasteiger partial charge is 0.348 e. The van der Waals surface area contributed by atoms with Crippen molar-refractivity contribution in [1.82, 2.24) is 5.32 Å². The Kier molecular flexibility index (Phi) is 6.07. The van der Waals surface area contributed by atoms with Gasteiger partial charge in [0.2, 0.25) is 12.3 Å². The summed E-state index contributed by atoms with van der Waals surface area (Å²) in [4.78, 5) is 12.7. The van der Waals surface area contributed by atoms with Crippen molar-refractivity contribution in [2.24, 2.45) is 11.3 Å². The first-order chi connectivity index (χ1) is 12.4. The van der Waals surface area contributed by atoms with Crippen LogP contribution in [0.25, 0.3) is 0 Å². The maximum absolute atomic E-state index is 14.7. The van der Waals surface area contributed by atoms with Crippen LogP contribution in [-0.2, 0) is 4.79 Å². The highest BCUT2D eigenvalue weighted by Gasteiger charge is 2.51. The molecule has 0 saturated heterocycles. The van der Waals surface area contributed by atoms with Crippen LogP contribution in [0.3, 0.4) is 0 Å². The standard InChI is InChI=1S/C19H22Cl2F3NO/c20-12-7-8-13(22)14(15(12)21)16(19(18(23)24)9-3-4-10-19)25-17(26)11-5-1-2-6-11/h7-8,11,16,18H,1-6,9-10H2,(H,25,26). The summed E-state index contributed by atoms with van der Waals surface area (Å²) in [6.45, 7) is 0. The Morgan fingerprint density at radius 1 is 1.12 bits per heavy atom. The minimum Gasteiger partial charge on any atom is -0.348 e. The van der Waals surface area contributed by atoms with E-state index in [1.54, 1.807) is 0 Å². The predicted octanol–water partition coefficient (Wildman–Crippen LogP) is 6.31. The number of rotatable bonds is 5. The molecule has 0 spiro atoms. The van der Waals surface area contributed by atoms with Gasteiger partial charge >= 0.3 is 0 Å². The van der Waals surface area contributed by atoms with Gasteiger partial charge in [-0.05, 0) is 37.8 Å². The normalized spacial score (nSPS) is 21.3. The van der Waals surface area contributed by atoms with E-state index in [2.05, 4.69) is 5.32 Å². The van der Waals surface area contributed by atoms with Gasteiger partial charge in [0.05, 0.1) is 21.5 Å². The molecule has 3 rings (SSSR count). The number of halogens is 5. The molecule has 2 aliphatic carbocycles. The van der Waals surface area contributed by atoms with E-state index in [9.17, 15) is 18.0 Å². The van der Waals surface area contributed by atoms with E-state index in [-0.39, 0.29) is 40.3 Å². The fraction of sp³-hybridized carbons (Fsp3) is 0.632. The van der Waals surface area contributed by atoms with Crippen LogP contribution in [0.2, 0.25) is 10.0 Å². The SMILES string of the molecule is O=C(NC(c1c(F)ccc(Cl)c1Cl)C1(C(F)F)CCCC1)C1CCCC1. The summed E-state index contributed by atoms with van der Waals surface area (Å²) in [5.74, 6) is -1.23. The van der Waals surface area contributed by atoms with Crippen molar-refractivity contribution < 1.29 is 18.0 Å². The van der Waals surface area contributed by atoms with Crippen LogP contribution < -0.4 is 5.32 Å². The van der Waals surface area contributed by atoms with Gasteiger partial charge in [-0.15, -0.1) is 0 Å². The van der Waals surface area contributed by atoms with Crippen LogP contribution in [0.4, 0.5) is 13.2 Å². The summed E-state index contributed by atoms with van der Waals surface area (Å²) in [5.41, 5.74) is -1.64. The van der Waals surface area contributed by atoms with Crippen LogP contribution in [0, 0.1) is 17.2 Å². The predicted molar refractivity (Wildman–Crippen MR) is 96.2 cm³/mol. The molecule has 26 heavy (non-hydrogen) atoms. The maximum Gasteiger partial charge on any atom is 0.246 e. The van der Waals surface area contributed by atoms with Gasteiger partial charge in [-0.25, -0.2) is 13.2 Å². The molecule has 0 aliphatic heterocycles. The molecular weight excluding hydrogens is 386 g/mol. The number of carbonyl (C=O) groups is 1. The highest BCUT2D eigenvalue weighted by molar-refractivity contribution is 6.42.